The van der Waals surface area contributed by atoms with E-state index in [0.717, 1.165) is 24.2 Å². The summed E-state index contributed by atoms with van der Waals surface area (Å²) < 4.78 is 0. The second kappa shape index (κ2) is 4.88. The third-order valence-electron chi connectivity index (χ3n) is 3.43. The zero-order valence-corrected chi connectivity index (χ0v) is 10.5. The van der Waals surface area contributed by atoms with Crippen LogP contribution in [0.2, 0.25) is 0 Å². The highest BCUT2D eigenvalue weighted by atomic mass is 16.1. The van der Waals surface area contributed by atoms with Gasteiger partial charge in [0.15, 0.2) is 5.78 Å². The van der Waals surface area contributed by atoms with Crippen molar-refractivity contribution in [3.63, 3.8) is 0 Å². The van der Waals surface area contributed by atoms with Gasteiger partial charge in [-0.25, -0.2) is 0 Å². The fraction of sp³-hybridized carbons (Fsp3) is 0.500. The van der Waals surface area contributed by atoms with E-state index in [4.69, 9.17) is 5.73 Å². The Morgan fingerprint density at radius 1 is 1.35 bits per heavy atom. The lowest BCUT2D eigenvalue weighted by Gasteiger charge is -2.38. The summed E-state index contributed by atoms with van der Waals surface area (Å²) in [4.78, 5) is 14.4. The van der Waals surface area contributed by atoms with E-state index in [1.807, 2.05) is 24.3 Å². The van der Waals surface area contributed by atoms with E-state index in [1.165, 1.54) is 0 Å². The van der Waals surface area contributed by atoms with Crippen molar-refractivity contribution in [2.24, 2.45) is 0 Å². The van der Waals surface area contributed by atoms with Crippen molar-refractivity contribution < 1.29 is 4.79 Å². The van der Waals surface area contributed by atoms with Crippen LogP contribution < -0.4 is 5.73 Å². The number of nitrogens with zero attached hydrogens (tertiary/aromatic N) is 1. The molecule has 1 atom stereocenters. The van der Waals surface area contributed by atoms with Crippen LogP contribution in [0.15, 0.2) is 24.3 Å². The Kier molecular flexibility index (Phi) is 3.48. The fourth-order valence-electron chi connectivity index (χ4n) is 2.55. The number of nitrogen functional groups attached to an aromatic ring is 1. The topological polar surface area (TPSA) is 46.3 Å². The average molecular weight is 232 g/mol. The van der Waals surface area contributed by atoms with Gasteiger partial charge in [-0.05, 0) is 38.4 Å². The van der Waals surface area contributed by atoms with Crippen LogP contribution in [0.3, 0.4) is 0 Å². The molecular weight excluding hydrogens is 212 g/mol. The van der Waals surface area contributed by atoms with Crippen molar-refractivity contribution in [3.05, 3.63) is 29.8 Å². The standard InChI is InChI=1S/C14H20N2O/c1-10(2)16-9-5-8-13(17)14(16)11-6-3-4-7-12(11)15/h3-4,6-7,10,14H,5,8-9,15H2,1-2H3. The Hall–Kier alpha value is -1.35. The van der Waals surface area contributed by atoms with E-state index in [2.05, 4.69) is 18.7 Å². The molecule has 0 bridgehead atoms. The number of rotatable bonds is 2. The zero-order chi connectivity index (χ0) is 12.4. The molecule has 1 unspecified atom stereocenters. The summed E-state index contributed by atoms with van der Waals surface area (Å²) in [5, 5.41) is 0. The van der Waals surface area contributed by atoms with E-state index in [1.54, 1.807) is 0 Å². The van der Waals surface area contributed by atoms with Crippen LogP contribution in [0.4, 0.5) is 5.69 Å². The Bertz CT molecular complexity index is 414. The van der Waals surface area contributed by atoms with Crippen LogP contribution in [-0.2, 0) is 4.79 Å². The van der Waals surface area contributed by atoms with Gasteiger partial charge in [0.25, 0.3) is 0 Å². The molecule has 2 N–H and O–H groups in total. The highest BCUT2D eigenvalue weighted by Gasteiger charge is 2.33. The van der Waals surface area contributed by atoms with Gasteiger partial charge in [-0.3, -0.25) is 9.69 Å². The minimum atomic E-state index is -0.148. The lowest BCUT2D eigenvalue weighted by atomic mass is 9.92. The lowest BCUT2D eigenvalue weighted by Crippen LogP contribution is -2.43. The highest BCUT2D eigenvalue weighted by molar-refractivity contribution is 5.87. The smallest absolute Gasteiger partial charge is 0.154 e. The van der Waals surface area contributed by atoms with E-state index < -0.39 is 0 Å². The molecule has 1 fully saturated rings. The third-order valence-corrected chi connectivity index (χ3v) is 3.43. The number of hydrogen-bond donors (Lipinski definition) is 1. The molecule has 0 aliphatic carbocycles. The van der Waals surface area contributed by atoms with Crippen molar-refractivity contribution in [1.29, 1.82) is 0 Å². The van der Waals surface area contributed by atoms with E-state index in [0.29, 0.717) is 18.2 Å². The van der Waals surface area contributed by atoms with Crippen molar-refractivity contribution in [1.82, 2.24) is 4.90 Å². The summed E-state index contributed by atoms with van der Waals surface area (Å²) in [6.45, 7) is 5.23. The molecule has 0 aromatic heterocycles. The van der Waals surface area contributed by atoms with Crippen LogP contribution in [0.25, 0.3) is 0 Å². The molecule has 1 aliphatic rings. The molecule has 1 saturated heterocycles. The molecule has 92 valence electrons. The third kappa shape index (κ3) is 2.34. The first-order chi connectivity index (χ1) is 8.11. The quantitative estimate of drug-likeness (QED) is 0.796. The molecule has 1 aromatic rings. The van der Waals surface area contributed by atoms with Crippen LogP contribution in [0.1, 0.15) is 38.3 Å². The van der Waals surface area contributed by atoms with Crippen molar-refractivity contribution in [2.45, 2.75) is 38.8 Å². The van der Waals surface area contributed by atoms with Gasteiger partial charge < -0.3 is 5.73 Å². The van der Waals surface area contributed by atoms with Crippen molar-refractivity contribution in [3.8, 4) is 0 Å². The maximum absolute atomic E-state index is 12.2. The second-order valence-electron chi connectivity index (χ2n) is 4.93. The molecule has 0 amide bonds. The Morgan fingerprint density at radius 3 is 2.71 bits per heavy atom. The molecule has 2 rings (SSSR count). The molecule has 0 radical (unpaired) electrons. The molecule has 1 aliphatic heterocycles. The minimum absolute atomic E-state index is 0.148. The molecule has 3 heteroatoms. The van der Waals surface area contributed by atoms with Gasteiger partial charge in [0.2, 0.25) is 0 Å². The SMILES string of the molecule is CC(C)N1CCCC(=O)C1c1ccccc1N. The van der Waals surface area contributed by atoms with E-state index in [-0.39, 0.29) is 6.04 Å². The molecule has 0 saturated carbocycles. The first-order valence-corrected chi connectivity index (χ1v) is 6.24. The number of hydrogen-bond acceptors (Lipinski definition) is 3. The van der Waals surface area contributed by atoms with Gasteiger partial charge in [-0.15, -0.1) is 0 Å². The Labute approximate surface area is 103 Å². The molecule has 17 heavy (non-hydrogen) atoms. The number of para-hydroxylation sites is 1. The summed E-state index contributed by atoms with van der Waals surface area (Å²) in [6.07, 6.45) is 1.63. The summed E-state index contributed by atoms with van der Waals surface area (Å²) in [5.41, 5.74) is 7.68. The van der Waals surface area contributed by atoms with Gasteiger partial charge in [0, 0.05) is 18.2 Å². The lowest BCUT2D eigenvalue weighted by molar-refractivity contribution is -0.128. The molecule has 1 aromatic carbocycles. The summed E-state index contributed by atoms with van der Waals surface area (Å²) in [6, 6.07) is 7.92. The maximum atomic E-state index is 12.2. The maximum Gasteiger partial charge on any atom is 0.154 e. The fourth-order valence-corrected chi connectivity index (χ4v) is 2.55. The van der Waals surface area contributed by atoms with Crippen molar-refractivity contribution in [2.75, 3.05) is 12.3 Å². The Balaban J connectivity index is 2.38. The predicted octanol–water partition coefficient (Wildman–Crippen LogP) is 2.38. The minimum Gasteiger partial charge on any atom is -0.398 e. The number of likely N-dealkylation sites (tertiary alicyclic amines) is 1. The van der Waals surface area contributed by atoms with E-state index in [9.17, 15) is 4.79 Å². The number of benzene rings is 1. The number of carbonyl (C=O) groups is 1. The first-order valence-electron chi connectivity index (χ1n) is 6.24. The predicted molar refractivity (Wildman–Crippen MR) is 69.7 cm³/mol. The number of carbonyl (C=O) groups excluding carboxylic acids is 1. The number of nitrogens with two attached hydrogens (primary N) is 1. The average Bonchev–Trinajstić information content (AvgIpc) is 2.30. The molecule has 3 nitrogen and oxygen atoms in total. The molecular formula is C14H20N2O. The van der Waals surface area contributed by atoms with Crippen LogP contribution >= 0.6 is 0 Å². The van der Waals surface area contributed by atoms with Gasteiger partial charge in [-0.2, -0.15) is 0 Å². The summed E-state index contributed by atoms with van der Waals surface area (Å²) in [7, 11) is 0. The van der Waals surface area contributed by atoms with Crippen LogP contribution in [0.5, 0.6) is 0 Å². The Morgan fingerprint density at radius 2 is 2.06 bits per heavy atom. The highest BCUT2D eigenvalue weighted by Crippen LogP contribution is 2.32. The van der Waals surface area contributed by atoms with Gasteiger partial charge >= 0.3 is 0 Å². The number of ketones is 1. The first kappa shape index (κ1) is 12.1. The zero-order valence-electron chi connectivity index (χ0n) is 10.5. The second-order valence-corrected chi connectivity index (χ2v) is 4.93. The van der Waals surface area contributed by atoms with Crippen LogP contribution in [0, 0.1) is 0 Å². The number of Topliss-reactive ketones (excluding diaryl/α,β-unsaturated/α-hetero) is 1. The number of anilines is 1. The molecule has 0 spiro atoms. The summed E-state index contributed by atoms with van der Waals surface area (Å²) >= 11 is 0. The van der Waals surface area contributed by atoms with E-state index >= 15 is 0 Å². The normalized spacial score (nSPS) is 22.1. The van der Waals surface area contributed by atoms with Crippen LogP contribution in [-0.4, -0.2) is 23.3 Å². The van der Waals surface area contributed by atoms with Gasteiger partial charge in [-0.1, -0.05) is 18.2 Å². The summed E-state index contributed by atoms with van der Waals surface area (Å²) in [5.74, 6) is 0.294. The molecule has 1 heterocycles. The number of piperidine rings is 1. The van der Waals surface area contributed by atoms with Gasteiger partial charge in [0.1, 0.15) is 0 Å². The van der Waals surface area contributed by atoms with Crippen molar-refractivity contribution >= 4 is 11.5 Å². The monoisotopic (exact) mass is 232 g/mol. The largest absolute Gasteiger partial charge is 0.398 e. The van der Waals surface area contributed by atoms with Gasteiger partial charge in [0.05, 0.1) is 6.04 Å².